The lowest BCUT2D eigenvalue weighted by atomic mass is 10.0. The molecular formula is C14H20N4. The van der Waals surface area contributed by atoms with Gasteiger partial charge in [-0.25, -0.2) is 0 Å². The fourth-order valence-corrected chi connectivity index (χ4v) is 2.00. The van der Waals surface area contributed by atoms with Gasteiger partial charge in [0.2, 0.25) is 0 Å². The summed E-state index contributed by atoms with van der Waals surface area (Å²) in [5, 5.41) is 7.83. The number of pyridine rings is 1. The molecule has 4 nitrogen and oxygen atoms in total. The summed E-state index contributed by atoms with van der Waals surface area (Å²) in [7, 11) is 1.95. The van der Waals surface area contributed by atoms with Gasteiger partial charge in [0, 0.05) is 37.2 Å². The topological polar surface area (TPSA) is 42.7 Å². The lowest BCUT2D eigenvalue weighted by molar-refractivity contribution is 0.528. The Morgan fingerprint density at radius 3 is 2.72 bits per heavy atom. The second-order valence-electron chi connectivity index (χ2n) is 4.51. The van der Waals surface area contributed by atoms with E-state index in [9.17, 15) is 0 Å². The van der Waals surface area contributed by atoms with Crippen molar-refractivity contribution in [3.63, 3.8) is 0 Å². The van der Waals surface area contributed by atoms with E-state index in [2.05, 4.69) is 40.7 Å². The quantitative estimate of drug-likeness (QED) is 0.846. The molecule has 1 N–H and O–H groups in total. The van der Waals surface area contributed by atoms with Gasteiger partial charge in [-0.3, -0.25) is 9.67 Å². The lowest BCUT2D eigenvalue weighted by Gasteiger charge is -2.17. The molecule has 1 atom stereocenters. The summed E-state index contributed by atoms with van der Waals surface area (Å²) in [6, 6.07) is 4.45. The molecule has 4 heteroatoms. The predicted molar refractivity (Wildman–Crippen MR) is 72.2 cm³/mol. The second kappa shape index (κ2) is 6.31. The van der Waals surface area contributed by atoms with Crippen molar-refractivity contribution in [2.24, 2.45) is 7.05 Å². The van der Waals surface area contributed by atoms with Crippen molar-refractivity contribution in [1.82, 2.24) is 20.1 Å². The third-order valence-corrected chi connectivity index (χ3v) is 2.96. The summed E-state index contributed by atoms with van der Waals surface area (Å²) >= 11 is 0. The highest BCUT2D eigenvalue weighted by Crippen LogP contribution is 2.17. The van der Waals surface area contributed by atoms with E-state index in [4.69, 9.17) is 0 Å². The van der Waals surface area contributed by atoms with Crippen molar-refractivity contribution in [2.45, 2.75) is 25.8 Å². The molecule has 2 aromatic heterocycles. The molecule has 0 saturated carbocycles. The average molecular weight is 244 g/mol. The zero-order valence-electron chi connectivity index (χ0n) is 11.0. The van der Waals surface area contributed by atoms with Crippen LogP contribution < -0.4 is 5.32 Å². The Balaban J connectivity index is 2.10. The fraction of sp³-hybridized carbons (Fsp3) is 0.429. The first-order valence-corrected chi connectivity index (χ1v) is 6.40. The van der Waals surface area contributed by atoms with Crippen molar-refractivity contribution >= 4 is 0 Å². The smallest absolute Gasteiger partial charge is 0.0537 e. The Morgan fingerprint density at radius 1 is 1.33 bits per heavy atom. The minimum absolute atomic E-state index is 0.320. The van der Waals surface area contributed by atoms with Gasteiger partial charge in [-0.1, -0.05) is 6.92 Å². The van der Waals surface area contributed by atoms with E-state index in [1.165, 1.54) is 11.1 Å². The number of aromatic nitrogens is 3. The summed E-state index contributed by atoms with van der Waals surface area (Å²) in [6.07, 6.45) is 9.80. The van der Waals surface area contributed by atoms with Gasteiger partial charge in [0.15, 0.2) is 0 Å². The van der Waals surface area contributed by atoms with Crippen LogP contribution in [0, 0.1) is 0 Å². The third-order valence-electron chi connectivity index (χ3n) is 2.96. The molecule has 0 fully saturated rings. The molecule has 1 unspecified atom stereocenters. The van der Waals surface area contributed by atoms with E-state index >= 15 is 0 Å². The first-order valence-electron chi connectivity index (χ1n) is 6.40. The van der Waals surface area contributed by atoms with Gasteiger partial charge in [0.1, 0.15) is 0 Å². The maximum Gasteiger partial charge on any atom is 0.0537 e. The largest absolute Gasteiger partial charge is 0.310 e. The van der Waals surface area contributed by atoms with E-state index in [-0.39, 0.29) is 0 Å². The standard InChI is InChI=1S/C14H20N4/c1-3-6-16-14(13-10-17-18(2)11-13)9-12-4-7-15-8-5-12/h4-5,7-8,10-11,14,16H,3,6,9H2,1-2H3. The molecule has 0 aliphatic heterocycles. The van der Waals surface area contributed by atoms with Gasteiger partial charge < -0.3 is 5.32 Å². The Morgan fingerprint density at radius 2 is 2.11 bits per heavy atom. The second-order valence-corrected chi connectivity index (χ2v) is 4.51. The summed E-state index contributed by atoms with van der Waals surface area (Å²) in [4.78, 5) is 4.05. The molecule has 0 saturated heterocycles. The van der Waals surface area contributed by atoms with Crippen LogP contribution in [0.5, 0.6) is 0 Å². The molecule has 0 aromatic carbocycles. The van der Waals surface area contributed by atoms with Crippen molar-refractivity contribution in [2.75, 3.05) is 6.54 Å². The van der Waals surface area contributed by atoms with Crippen LogP contribution in [0.15, 0.2) is 36.9 Å². The minimum Gasteiger partial charge on any atom is -0.310 e. The zero-order chi connectivity index (χ0) is 12.8. The molecule has 18 heavy (non-hydrogen) atoms. The summed E-state index contributed by atoms with van der Waals surface area (Å²) in [5.41, 5.74) is 2.53. The van der Waals surface area contributed by atoms with E-state index < -0.39 is 0 Å². The molecule has 0 radical (unpaired) electrons. The van der Waals surface area contributed by atoms with E-state index in [0.29, 0.717) is 6.04 Å². The molecule has 2 heterocycles. The normalized spacial score (nSPS) is 12.6. The van der Waals surface area contributed by atoms with E-state index in [0.717, 1.165) is 19.4 Å². The van der Waals surface area contributed by atoms with Gasteiger partial charge >= 0.3 is 0 Å². The summed E-state index contributed by atoms with van der Waals surface area (Å²) < 4.78 is 1.85. The maximum absolute atomic E-state index is 4.25. The predicted octanol–water partition coefficient (Wildman–Crippen LogP) is 2.10. The van der Waals surface area contributed by atoms with E-state index in [1.54, 1.807) is 0 Å². The van der Waals surface area contributed by atoms with Gasteiger partial charge in [-0.05, 0) is 37.1 Å². The third kappa shape index (κ3) is 3.40. The minimum atomic E-state index is 0.320. The monoisotopic (exact) mass is 244 g/mol. The number of hydrogen-bond acceptors (Lipinski definition) is 3. The zero-order valence-corrected chi connectivity index (χ0v) is 11.0. The average Bonchev–Trinajstić information content (AvgIpc) is 2.82. The van der Waals surface area contributed by atoms with Crippen molar-refractivity contribution in [1.29, 1.82) is 0 Å². The van der Waals surface area contributed by atoms with Gasteiger partial charge in [-0.15, -0.1) is 0 Å². The molecule has 0 aliphatic rings. The van der Waals surface area contributed by atoms with Crippen molar-refractivity contribution < 1.29 is 0 Å². The number of hydrogen-bond donors (Lipinski definition) is 1. The Kier molecular flexibility index (Phi) is 4.47. The molecule has 2 rings (SSSR count). The van der Waals surface area contributed by atoms with Gasteiger partial charge in [-0.2, -0.15) is 5.10 Å². The van der Waals surface area contributed by atoms with Gasteiger partial charge in [0.05, 0.1) is 6.20 Å². The van der Waals surface area contributed by atoms with Crippen LogP contribution in [0.2, 0.25) is 0 Å². The van der Waals surface area contributed by atoms with Gasteiger partial charge in [0.25, 0.3) is 0 Å². The van der Waals surface area contributed by atoms with Crippen LogP contribution >= 0.6 is 0 Å². The van der Waals surface area contributed by atoms with Crippen LogP contribution in [0.3, 0.4) is 0 Å². The van der Waals surface area contributed by atoms with Crippen LogP contribution in [0.25, 0.3) is 0 Å². The molecule has 0 spiro atoms. The lowest BCUT2D eigenvalue weighted by Crippen LogP contribution is -2.23. The number of aryl methyl sites for hydroxylation is 1. The highest BCUT2D eigenvalue weighted by atomic mass is 15.2. The molecule has 0 bridgehead atoms. The molecule has 0 aliphatic carbocycles. The maximum atomic E-state index is 4.25. The first-order chi connectivity index (χ1) is 8.79. The number of nitrogens with zero attached hydrogens (tertiary/aromatic N) is 3. The Hall–Kier alpha value is -1.68. The first kappa shape index (κ1) is 12.8. The summed E-state index contributed by atoms with van der Waals surface area (Å²) in [5.74, 6) is 0. The Bertz CT molecular complexity index is 464. The molecular weight excluding hydrogens is 224 g/mol. The fourth-order valence-electron chi connectivity index (χ4n) is 2.00. The van der Waals surface area contributed by atoms with Crippen LogP contribution in [0.4, 0.5) is 0 Å². The molecule has 0 amide bonds. The van der Waals surface area contributed by atoms with Crippen LogP contribution in [0.1, 0.15) is 30.5 Å². The molecule has 96 valence electrons. The van der Waals surface area contributed by atoms with Crippen molar-refractivity contribution in [3.05, 3.63) is 48.0 Å². The Labute approximate surface area is 108 Å². The number of rotatable bonds is 6. The number of nitrogens with one attached hydrogen (secondary N) is 1. The molecule has 2 aromatic rings. The van der Waals surface area contributed by atoms with E-state index in [1.807, 2.05) is 30.3 Å². The van der Waals surface area contributed by atoms with Crippen molar-refractivity contribution in [3.8, 4) is 0 Å². The van der Waals surface area contributed by atoms with Crippen LogP contribution in [-0.2, 0) is 13.5 Å². The highest BCUT2D eigenvalue weighted by Gasteiger charge is 2.13. The highest BCUT2D eigenvalue weighted by molar-refractivity contribution is 5.18. The summed E-state index contributed by atoms with van der Waals surface area (Å²) in [6.45, 7) is 3.20. The SMILES string of the molecule is CCCNC(Cc1ccncc1)c1cnn(C)c1. The van der Waals surface area contributed by atoms with Crippen LogP contribution in [-0.4, -0.2) is 21.3 Å².